The van der Waals surface area contributed by atoms with Gasteiger partial charge in [0.15, 0.2) is 5.78 Å². The molecule has 1 fully saturated rings. The van der Waals surface area contributed by atoms with Crippen LogP contribution in [0.25, 0.3) is 0 Å². The van der Waals surface area contributed by atoms with Crippen molar-refractivity contribution in [3.63, 3.8) is 0 Å². The highest BCUT2D eigenvalue weighted by Crippen LogP contribution is 2.29. The van der Waals surface area contributed by atoms with E-state index in [9.17, 15) is 4.79 Å². The number of anilines is 1. The fourth-order valence-electron chi connectivity index (χ4n) is 2.77. The highest BCUT2D eigenvalue weighted by atomic mass is 16.1. The first kappa shape index (κ1) is 13.1. The lowest BCUT2D eigenvalue weighted by atomic mass is 9.86. The van der Waals surface area contributed by atoms with Crippen molar-refractivity contribution in [2.24, 2.45) is 5.92 Å². The Kier molecular flexibility index (Phi) is 4.05. The van der Waals surface area contributed by atoms with Gasteiger partial charge >= 0.3 is 0 Å². The van der Waals surface area contributed by atoms with Crippen LogP contribution in [-0.2, 0) is 0 Å². The molecule has 0 amide bonds. The van der Waals surface area contributed by atoms with Gasteiger partial charge in [-0.1, -0.05) is 6.92 Å². The van der Waals surface area contributed by atoms with Crippen molar-refractivity contribution in [1.29, 1.82) is 0 Å². The van der Waals surface area contributed by atoms with Crippen molar-refractivity contribution < 1.29 is 4.79 Å². The van der Waals surface area contributed by atoms with Crippen LogP contribution in [-0.4, -0.2) is 18.9 Å². The third-order valence-corrected chi connectivity index (χ3v) is 4.21. The van der Waals surface area contributed by atoms with Crippen molar-refractivity contribution in [1.82, 2.24) is 0 Å². The van der Waals surface area contributed by atoms with Crippen molar-refractivity contribution >= 4 is 11.5 Å². The van der Waals surface area contributed by atoms with E-state index in [1.54, 1.807) is 6.92 Å². The number of hydrogen-bond donors (Lipinski definition) is 0. The molecular weight excluding hydrogens is 222 g/mol. The maximum Gasteiger partial charge on any atom is 0.159 e. The summed E-state index contributed by atoms with van der Waals surface area (Å²) < 4.78 is 0. The first-order valence-electron chi connectivity index (χ1n) is 6.91. The molecule has 2 rings (SSSR count). The van der Waals surface area contributed by atoms with Gasteiger partial charge in [-0.2, -0.15) is 0 Å². The summed E-state index contributed by atoms with van der Waals surface area (Å²) in [6, 6.07) is 8.65. The molecule has 0 bridgehead atoms. The summed E-state index contributed by atoms with van der Waals surface area (Å²) in [6.07, 6.45) is 5.24. The van der Waals surface area contributed by atoms with Gasteiger partial charge in [0, 0.05) is 24.3 Å². The van der Waals surface area contributed by atoms with E-state index in [1.165, 1.54) is 31.4 Å². The molecule has 0 atom stereocenters. The van der Waals surface area contributed by atoms with Gasteiger partial charge in [-0.15, -0.1) is 0 Å². The summed E-state index contributed by atoms with van der Waals surface area (Å²) in [7, 11) is 2.17. The zero-order chi connectivity index (χ0) is 13.1. The Morgan fingerprint density at radius 2 is 1.67 bits per heavy atom. The molecule has 1 aromatic carbocycles. The molecule has 0 N–H and O–H groups in total. The summed E-state index contributed by atoms with van der Waals surface area (Å²) in [5, 5.41) is 0. The Labute approximate surface area is 110 Å². The molecule has 0 aliphatic heterocycles. The molecule has 0 saturated heterocycles. The van der Waals surface area contributed by atoms with E-state index >= 15 is 0 Å². The van der Waals surface area contributed by atoms with E-state index in [0.29, 0.717) is 6.04 Å². The molecule has 0 radical (unpaired) electrons. The van der Waals surface area contributed by atoms with Crippen LogP contribution in [0.1, 0.15) is 49.9 Å². The monoisotopic (exact) mass is 245 g/mol. The molecule has 1 aromatic rings. The molecular formula is C16H23NO. The maximum absolute atomic E-state index is 11.3. The van der Waals surface area contributed by atoms with E-state index in [1.807, 2.05) is 12.1 Å². The van der Waals surface area contributed by atoms with Gasteiger partial charge in [-0.05, 0) is 62.8 Å². The number of nitrogens with zero attached hydrogens (tertiary/aromatic N) is 1. The molecule has 0 spiro atoms. The summed E-state index contributed by atoms with van der Waals surface area (Å²) >= 11 is 0. The zero-order valence-corrected chi connectivity index (χ0v) is 11.6. The molecule has 1 aliphatic rings. The minimum Gasteiger partial charge on any atom is -0.372 e. The van der Waals surface area contributed by atoms with Gasteiger partial charge in [0.25, 0.3) is 0 Å². The minimum absolute atomic E-state index is 0.135. The van der Waals surface area contributed by atoms with E-state index in [0.717, 1.165) is 11.5 Å². The molecule has 0 aromatic heterocycles. The second kappa shape index (κ2) is 5.55. The minimum atomic E-state index is 0.135. The van der Waals surface area contributed by atoms with Crippen LogP contribution in [0.15, 0.2) is 24.3 Å². The van der Waals surface area contributed by atoms with Crippen LogP contribution < -0.4 is 4.90 Å². The molecule has 98 valence electrons. The Hall–Kier alpha value is -1.31. The smallest absolute Gasteiger partial charge is 0.159 e. The Balaban J connectivity index is 2.04. The average Bonchev–Trinajstić information content (AvgIpc) is 2.39. The van der Waals surface area contributed by atoms with Crippen LogP contribution in [0.4, 0.5) is 5.69 Å². The third-order valence-electron chi connectivity index (χ3n) is 4.21. The number of ketones is 1. The number of hydrogen-bond acceptors (Lipinski definition) is 2. The fraction of sp³-hybridized carbons (Fsp3) is 0.562. The molecule has 0 unspecified atom stereocenters. The van der Waals surface area contributed by atoms with Crippen molar-refractivity contribution in [2.45, 2.75) is 45.6 Å². The number of benzene rings is 1. The number of Topliss-reactive ketones (excluding diaryl/α,β-unsaturated/α-hetero) is 1. The van der Waals surface area contributed by atoms with Gasteiger partial charge in [-0.25, -0.2) is 0 Å². The van der Waals surface area contributed by atoms with Crippen LogP contribution in [0, 0.1) is 5.92 Å². The first-order chi connectivity index (χ1) is 8.58. The van der Waals surface area contributed by atoms with Gasteiger partial charge < -0.3 is 4.90 Å². The predicted molar refractivity (Wildman–Crippen MR) is 76.3 cm³/mol. The Bertz CT molecular complexity index is 402. The average molecular weight is 245 g/mol. The SMILES string of the molecule is CC(=O)c1ccc(N(C)C2CCC(C)CC2)cc1. The Morgan fingerprint density at radius 1 is 1.11 bits per heavy atom. The first-order valence-corrected chi connectivity index (χ1v) is 6.91. The van der Waals surface area contributed by atoms with Crippen molar-refractivity contribution in [3.8, 4) is 0 Å². The lowest BCUT2D eigenvalue weighted by molar-refractivity contribution is 0.101. The normalized spacial score (nSPS) is 23.7. The molecule has 1 aliphatic carbocycles. The van der Waals surface area contributed by atoms with Crippen LogP contribution in [0.5, 0.6) is 0 Å². The van der Waals surface area contributed by atoms with Crippen LogP contribution >= 0.6 is 0 Å². The number of carbonyl (C=O) groups is 1. The Morgan fingerprint density at radius 3 is 2.17 bits per heavy atom. The van der Waals surface area contributed by atoms with Crippen molar-refractivity contribution in [3.05, 3.63) is 29.8 Å². The summed E-state index contributed by atoms with van der Waals surface area (Å²) in [5.74, 6) is 1.02. The highest BCUT2D eigenvalue weighted by molar-refractivity contribution is 5.94. The lowest BCUT2D eigenvalue weighted by Crippen LogP contribution is -2.34. The topological polar surface area (TPSA) is 20.3 Å². The summed E-state index contributed by atoms with van der Waals surface area (Å²) in [4.78, 5) is 13.6. The van der Waals surface area contributed by atoms with Crippen LogP contribution in [0.2, 0.25) is 0 Å². The van der Waals surface area contributed by atoms with E-state index in [-0.39, 0.29) is 5.78 Å². The third kappa shape index (κ3) is 2.92. The van der Waals surface area contributed by atoms with Gasteiger partial charge in [0.05, 0.1) is 0 Å². The number of rotatable bonds is 3. The van der Waals surface area contributed by atoms with Crippen molar-refractivity contribution in [2.75, 3.05) is 11.9 Å². The van der Waals surface area contributed by atoms with E-state index in [4.69, 9.17) is 0 Å². The van der Waals surface area contributed by atoms with Gasteiger partial charge in [0.1, 0.15) is 0 Å². The molecule has 1 saturated carbocycles. The lowest BCUT2D eigenvalue weighted by Gasteiger charge is -2.35. The molecule has 18 heavy (non-hydrogen) atoms. The van der Waals surface area contributed by atoms with E-state index < -0.39 is 0 Å². The standard InChI is InChI=1S/C16H23NO/c1-12-4-8-15(9-5-12)17(3)16-10-6-14(7-11-16)13(2)18/h6-7,10-12,15H,4-5,8-9H2,1-3H3. The zero-order valence-electron chi connectivity index (χ0n) is 11.6. The predicted octanol–water partition coefficient (Wildman–Crippen LogP) is 3.90. The summed E-state index contributed by atoms with van der Waals surface area (Å²) in [6.45, 7) is 3.96. The highest BCUT2D eigenvalue weighted by Gasteiger charge is 2.21. The second-order valence-electron chi connectivity index (χ2n) is 5.63. The molecule has 0 heterocycles. The van der Waals surface area contributed by atoms with Gasteiger partial charge in [-0.3, -0.25) is 4.79 Å². The van der Waals surface area contributed by atoms with Gasteiger partial charge in [0.2, 0.25) is 0 Å². The summed E-state index contributed by atoms with van der Waals surface area (Å²) in [5.41, 5.74) is 2.02. The quantitative estimate of drug-likeness (QED) is 0.753. The number of carbonyl (C=O) groups excluding carboxylic acids is 1. The maximum atomic E-state index is 11.3. The van der Waals surface area contributed by atoms with E-state index in [2.05, 4.69) is 31.0 Å². The van der Waals surface area contributed by atoms with Crippen LogP contribution in [0.3, 0.4) is 0 Å². The largest absolute Gasteiger partial charge is 0.372 e. The molecule has 2 heteroatoms. The second-order valence-corrected chi connectivity index (χ2v) is 5.63. The molecule has 2 nitrogen and oxygen atoms in total. The fourth-order valence-corrected chi connectivity index (χ4v) is 2.77.